The maximum atomic E-state index is 6.16. The number of benzene rings is 8. The fraction of sp³-hybridized carbons (Fsp3) is 0.211. The van der Waals surface area contributed by atoms with Crippen LogP contribution in [0.15, 0.2) is 194 Å². The second-order valence-corrected chi connectivity index (χ2v) is 45.6. The van der Waals surface area contributed by atoms with Gasteiger partial charge in [0.2, 0.25) is 0 Å². The molecule has 12 aromatic carbocycles. The van der Waals surface area contributed by atoms with Gasteiger partial charge in [0.25, 0.3) is 0 Å². The first-order valence-corrected chi connectivity index (χ1v) is 44.9. The maximum absolute atomic E-state index is 6.16. The number of hydrogen-bond donors (Lipinski definition) is 0. The average molecular weight is 1580 g/mol. The molecule has 464 valence electrons. The number of rotatable bonds is 8. The van der Waals surface area contributed by atoms with Gasteiger partial charge in [-0.25, -0.2) is 0 Å². The Bertz CT molecular complexity index is 3780. The van der Waals surface area contributed by atoms with Crippen molar-refractivity contribution in [1.29, 1.82) is 0 Å². The van der Waals surface area contributed by atoms with Crippen LogP contribution < -0.4 is 24.8 Å². The fourth-order valence-electron chi connectivity index (χ4n) is 11.5. The van der Waals surface area contributed by atoms with Crippen molar-refractivity contribution in [3.8, 4) is 44.5 Å². The molecular weight excluding hydrogens is 1510 g/mol. The van der Waals surface area contributed by atoms with Gasteiger partial charge in [0.1, 0.15) is 0 Å². The summed E-state index contributed by atoms with van der Waals surface area (Å²) in [5.41, 5.74) is 23.9. The molecule has 90 heavy (non-hydrogen) atoms. The molecule has 0 aliphatic heterocycles. The van der Waals surface area contributed by atoms with Crippen LogP contribution in [0, 0.1) is 55.4 Å². The van der Waals surface area contributed by atoms with Crippen molar-refractivity contribution in [3.05, 3.63) is 261 Å². The molecule has 0 aromatic heterocycles. The van der Waals surface area contributed by atoms with Crippen molar-refractivity contribution in [3.63, 3.8) is 0 Å². The quantitative estimate of drug-likeness (QED) is 0.0808. The van der Waals surface area contributed by atoms with Crippen molar-refractivity contribution in [1.82, 2.24) is 0 Å². The summed E-state index contributed by atoms with van der Waals surface area (Å²) in [7, 11) is 0. The van der Waals surface area contributed by atoms with Crippen LogP contribution in [0.1, 0.15) is 86.1 Å². The van der Waals surface area contributed by atoms with E-state index in [9.17, 15) is 0 Å². The molecule has 0 atom stereocenters. The average Bonchev–Trinajstić information content (AvgIpc) is 1.70. The minimum atomic E-state index is -0.489. The van der Waals surface area contributed by atoms with Gasteiger partial charge in [-0.1, -0.05) is 245 Å². The molecule has 0 aliphatic carbocycles. The van der Waals surface area contributed by atoms with Crippen molar-refractivity contribution < 1.29 is 71.5 Å². The number of fused-ring (bicyclic) bond motifs is 4. The zero-order valence-electron chi connectivity index (χ0n) is 52.6. The Labute approximate surface area is 617 Å². The summed E-state index contributed by atoms with van der Waals surface area (Å²) in [6, 6.07) is 67.7. The summed E-state index contributed by atoms with van der Waals surface area (Å²) in [5.74, 6) is 0. The van der Waals surface area contributed by atoms with E-state index < -0.39 is 19.3 Å². The van der Waals surface area contributed by atoms with Crippen LogP contribution in [0.3, 0.4) is 0 Å². The maximum Gasteiger partial charge on any atom is 0.0997 e. The first-order chi connectivity index (χ1) is 41.8. The van der Waals surface area contributed by atoms with E-state index in [0.29, 0.717) is 0 Å². The predicted octanol–water partition coefficient (Wildman–Crippen LogP) is 20.9. The Morgan fingerprint density at radius 1 is 0.278 bits per heavy atom. The molecular formula is C76H72Cl10Si2Zr2-2. The van der Waals surface area contributed by atoms with E-state index in [1.54, 1.807) is 46.7 Å². The minimum Gasteiger partial charge on any atom is -1.00 e. The molecule has 0 radical (unpaired) electrons. The molecule has 0 heterocycles. The molecule has 12 aromatic rings. The van der Waals surface area contributed by atoms with Gasteiger partial charge in [0.05, 0.1) is 19.3 Å². The molecule has 0 saturated heterocycles. The third-order valence-electron chi connectivity index (χ3n) is 15.2. The Kier molecular flexibility index (Phi) is 31.6. The second kappa shape index (κ2) is 36.4. The Hall–Kier alpha value is -2.70. The molecule has 0 unspecified atom stereocenters. The molecule has 12 rings (SSSR count). The van der Waals surface area contributed by atoms with E-state index in [-0.39, 0.29) is 35.7 Å². The van der Waals surface area contributed by atoms with Crippen LogP contribution in [-0.2, 0) is 46.7 Å². The van der Waals surface area contributed by atoms with E-state index in [4.69, 9.17) is 92.8 Å². The van der Waals surface area contributed by atoms with Crippen LogP contribution in [0.4, 0.5) is 0 Å². The third-order valence-corrected chi connectivity index (χ3v) is 17.0. The van der Waals surface area contributed by atoms with Crippen LogP contribution >= 0.6 is 92.8 Å². The number of hydrogen-bond acceptors (Lipinski definition) is 0. The summed E-state index contributed by atoms with van der Waals surface area (Å²) in [6.45, 7) is 25.9. The van der Waals surface area contributed by atoms with Gasteiger partial charge < -0.3 is 24.8 Å². The SMILES string of the molecule is C[Si](C)=[Zr+2].C[Si](C)=[Zr+2].Cc1ccc(-c2ccccc2)c2cc(C)[c-](C(Cl)Cl)c12.Cc1ccc(-c2ccccc2)c2cc(C)[c-](C(Cl)Cl)c12.Cc1ccc(-c2ccccc2)c2cc(C)[c-](C(Cl)Cl)c12.Cc1ccc(-c2ccccc2)c2cc(C)[c-](C(Cl)Cl)c12.[Cl-].[Cl-]. The van der Waals surface area contributed by atoms with Crippen molar-refractivity contribution in [2.24, 2.45) is 0 Å². The largest absolute Gasteiger partial charge is 1.00 e. The fourth-order valence-corrected chi connectivity index (χ4v) is 13.8. The Morgan fingerprint density at radius 2 is 0.433 bits per heavy atom. The summed E-state index contributed by atoms with van der Waals surface area (Å²) in [4.78, 5) is -1.95. The Morgan fingerprint density at radius 3 is 0.578 bits per heavy atom. The molecule has 0 bridgehead atoms. The number of alkyl halides is 8. The van der Waals surface area contributed by atoms with Gasteiger partial charge in [0, 0.05) is 0 Å². The van der Waals surface area contributed by atoms with E-state index >= 15 is 0 Å². The molecule has 0 saturated carbocycles. The normalized spacial score (nSPS) is 10.8. The monoisotopic (exact) mass is 1570 g/mol. The van der Waals surface area contributed by atoms with Crippen molar-refractivity contribution >= 4 is 147 Å². The van der Waals surface area contributed by atoms with Crippen LogP contribution in [0.25, 0.3) is 87.6 Å². The van der Waals surface area contributed by atoms with E-state index in [0.717, 1.165) is 44.5 Å². The second-order valence-electron chi connectivity index (χ2n) is 22.5. The molecule has 14 heteroatoms. The molecule has 0 N–H and O–H groups in total. The van der Waals surface area contributed by atoms with Gasteiger partial charge in [-0.05, 0) is 22.3 Å². The first kappa shape index (κ1) is 78.0. The van der Waals surface area contributed by atoms with Crippen LogP contribution in [-0.4, -0.2) is 10.9 Å². The Balaban J connectivity index is 0.000000208. The first-order valence-electron chi connectivity index (χ1n) is 29.0. The molecule has 0 fully saturated rings. The van der Waals surface area contributed by atoms with E-state index in [1.807, 2.05) is 24.3 Å². The van der Waals surface area contributed by atoms with E-state index in [1.165, 1.54) is 110 Å². The zero-order chi connectivity index (χ0) is 64.3. The summed E-state index contributed by atoms with van der Waals surface area (Å²) in [5, 5.41) is 9.70. The molecule has 0 aliphatic rings. The summed E-state index contributed by atoms with van der Waals surface area (Å²) < 4.78 is 0. The van der Waals surface area contributed by atoms with Crippen molar-refractivity contribution in [2.75, 3.05) is 0 Å². The van der Waals surface area contributed by atoms with Crippen molar-refractivity contribution in [2.45, 2.75) is 101 Å². The standard InChI is InChI=1S/4C18H15Cl2.2C2H6Si.2ClH.2Zr/c4*1-11-8-9-14(13-6-4-3-5-7-13)15-10-12(2)17(16(11)15)18(19)20;2*1-3-2;;;;/h4*3-10,18H,1-2H3;2*1-2H3;2*1H;;/q4*-1;;;;;2*+2/p-2. The van der Waals surface area contributed by atoms with Gasteiger partial charge in [-0.3, -0.25) is 0 Å². The van der Waals surface area contributed by atoms with Crippen LogP contribution in [0.2, 0.25) is 26.2 Å². The molecule has 0 spiro atoms. The smallest absolute Gasteiger partial charge is 0.0997 e. The zero-order valence-corrected chi connectivity index (χ0v) is 67.0. The van der Waals surface area contributed by atoms with Gasteiger partial charge >= 0.3 is 83.7 Å². The molecule has 0 amide bonds. The number of aryl methyl sites for hydroxylation is 8. The predicted molar refractivity (Wildman–Crippen MR) is 391 cm³/mol. The van der Waals surface area contributed by atoms with Gasteiger partial charge in [-0.15, -0.1) is 205 Å². The summed E-state index contributed by atoms with van der Waals surface area (Å²) in [6.07, 6.45) is 0. The number of halogens is 10. The van der Waals surface area contributed by atoms with Gasteiger partial charge in [0.15, 0.2) is 0 Å². The summed E-state index contributed by atoms with van der Waals surface area (Å²) >= 11 is 52.8. The van der Waals surface area contributed by atoms with Crippen LogP contribution in [0.5, 0.6) is 0 Å². The van der Waals surface area contributed by atoms with E-state index in [2.05, 4.69) is 251 Å². The third kappa shape index (κ3) is 19.3. The minimum absolute atomic E-state index is 0. The molecule has 0 nitrogen and oxygen atoms in total. The topological polar surface area (TPSA) is 0 Å². The van der Waals surface area contributed by atoms with Gasteiger partial charge in [-0.2, -0.15) is 24.3 Å².